The van der Waals surface area contributed by atoms with Crippen LogP contribution in [0, 0.1) is 12.8 Å². The van der Waals surface area contributed by atoms with Gasteiger partial charge in [0.25, 0.3) is 0 Å². The Kier molecular flexibility index (Phi) is 7.35. The quantitative estimate of drug-likeness (QED) is 0.598. The summed E-state index contributed by atoms with van der Waals surface area (Å²) < 4.78 is 54.7. The van der Waals surface area contributed by atoms with Crippen molar-refractivity contribution in [3.05, 3.63) is 59.1 Å². The van der Waals surface area contributed by atoms with E-state index in [1.807, 2.05) is 6.92 Å². The Labute approximate surface area is 206 Å². The van der Waals surface area contributed by atoms with Crippen molar-refractivity contribution in [3.8, 4) is 0 Å². The van der Waals surface area contributed by atoms with E-state index in [-0.39, 0.29) is 48.4 Å². The number of piperazine rings is 1. The van der Waals surface area contributed by atoms with Crippen molar-refractivity contribution in [2.45, 2.75) is 29.6 Å². The first-order chi connectivity index (χ1) is 16.1. The number of halogens is 1. The Hall–Kier alpha value is -1.98. The second kappa shape index (κ2) is 9.94. The Morgan fingerprint density at radius 3 is 1.91 bits per heavy atom. The van der Waals surface area contributed by atoms with Gasteiger partial charge >= 0.3 is 0 Å². The van der Waals surface area contributed by atoms with E-state index in [2.05, 4.69) is 0 Å². The molecule has 0 spiro atoms. The van der Waals surface area contributed by atoms with Crippen LogP contribution in [0.1, 0.15) is 18.4 Å². The van der Waals surface area contributed by atoms with Crippen molar-refractivity contribution in [2.75, 3.05) is 39.3 Å². The van der Waals surface area contributed by atoms with Gasteiger partial charge in [-0.2, -0.15) is 8.61 Å². The molecule has 0 unspecified atom stereocenters. The predicted molar refractivity (Wildman–Crippen MR) is 129 cm³/mol. The van der Waals surface area contributed by atoms with E-state index in [1.165, 1.54) is 32.9 Å². The minimum atomic E-state index is -3.72. The van der Waals surface area contributed by atoms with Crippen LogP contribution in [0.15, 0.2) is 58.3 Å². The lowest BCUT2D eigenvalue weighted by atomic mass is 9.98. The number of aryl methyl sites for hydroxylation is 1. The fourth-order valence-corrected chi connectivity index (χ4v) is 7.46. The number of nitrogens with zero attached hydrogens (tertiary/aromatic N) is 3. The van der Waals surface area contributed by atoms with Gasteiger partial charge in [-0.05, 0) is 56.2 Å². The van der Waals surface area contributed by atoms with Gasteiger partial charge in [-0.3, -0.25) is 4.79 Å². The number of sulfonamides is 2. The molecule has 0 radical (unpaired) electrons. The number of rotatable bonds is 5. The predicted octanol–water partition coefficient (Wildman–Crippen LogP) is 2.58. The third kappa shape index (κ3) is 5.16. The van der Waals surface area contributed by atoms with Crippen molar-refractivity contribution < 1.29 is 21.6 Å². The van der Waals surface area contributed by atoms with Crippen molar-refractivity contribution in [1.29, 1.82) is 0 Å². The van der Waals surface area contributed by atoms with E-state index < -0.39 is 26.0 Å². The van der Waals surface area contributed by atoms with Gasteiger partial charge < -0.3 is 4.90 Å². The third-order valence-electron chi connectivity index (χ3n) is 6.39. The molecular weight excluding hydrogens is 498 g/mol. The first-order valence-corrected chi connectivity index (χ1v) is 14.5. The number of hydrogen-bond donors (Lipinski definition) is 0. The van der Waals surface area contributed by atoms with Crippen LogP contribution >= 0.6 is 11.6 Å². The molecule has 184 valence electrons. The van der Waals surface area contributed by atoms with E-state index in [0.29, 0.717) is 24.4 Å². The van der Waals surface area contributed by atoms with E-state index >= 15 is 0 Å². The zero-order valence-electron chi connectivity index (χ0n) is 18.9. The highest BCUT2D eigenvalue weighted by Crippen LogP contribution is 2.27. The number of benzene rings is 2. The largest absolute Gasteiger partial charge is 0.340 e. The molecule has 0 aromatic heterocycles. The molecule has 1 atom stereocenters. The lowest BCUT2D eigenvalue weighted by Gasteiger charge is -2.38. The summed E-state index contributed by atoms with van der Waals surface area (Å²) in [5.74, 6) is -0.570. The monoisotopic (exact) mass is 525 g/mol. The Morgan fingerprint density at radius 2 is 1.32 bits per heavy atom. The van der Waals surface area contributed by atoms with Gasteiger partial charge in [0.05, 0.1) is 15.7 Å². The summed E-state index contributed by atoms with van der Waals surface area (Å²) in [6.07, 6.45) is 1.19. The summed E-state index contributed by atoms with van der Waals surface area (Å²) in [4.78, 5) is 15.2. The lowest BCUT2D eigenvalue weighted by Crippen LogP contribution is -2.54. The fourth-order valence-electron chi connectivity index (χ4n) is 4.38. The highest BCUT2D eigenvalue weighted by atomic mass is 35.5. The molecule has 1 amide bonds. The average Bonchev–Trinajstić information content (AvgIpc) is 2.84. The van der Waals surface area contributed by atoms with Gasteiger partial charge in [-0.15, -0.1) is 0 Å². The first-order valence-electron chi connectivity index (χ1n) is 11.2. The number of hydrogen-bond acceptors (Lipinski definition) is 5. The smallest absolute Gasteiger partial charge is 0.243 e. The molecule has 2 heterocycles. The van der Waals surface area contributed by atoms with Gasteiger partial charge in [0.1, 0.15) is 0 Å². The van der Waals surface area contributed by atoms with Crippen molar-refractivity contribution >= 4 is 37.6 Å². The molecule has 34 heavy (non-hydrogen) atoms. The summed E-state index contributed by atoms with van der Waals surface area (Å²) in [6, 6.07) is 12.7. The van der Waals surface area contributed by atoms with Crippen LogP contribution in [-0.2, 0) is 24.8 Å². The normalized spacial score (nSPS) is 20.9. The van der Waals surface area contributed by atoms with Crippen LogP contribution in [-0.4, -0.2) is 75.5 Å². The van der Waals surface area contributed by atoms with Gasteiger partial charge in [0.2, 0.25) is 26.0 Å². The van der Waals surface area contributed by atoms with Gasteiger partial charge in [0.15, 0.2) is 0 Å². The first kappa shape index (κ1) is 25.1. The number of carbonyl (C=O) groups excluding carboxylic acids is 1. The Bertz CT molecular complexity index is 1240. The molecule has 4 rings (SSSR count). The number of carbonyl (C=O) groups is 1. The van der Waals surface area contributed by atoms with Crippen molar-refractivity contribution in [1.82, 2.24) is 13.5 Å². The van der Waals surface area contributed by atoms with Crippen LogP contribution in [0.2, 0.25) is 5.02 Å². The van der Waals surface area contributed by atoms with Gasteiger partial charge in [-0.25, -0.2) is 16.8 Å². The zero-order chi connectivity index (χ0) is 24.5. The van der Waals surface area contributed by atoms with Crippen LogP contribution in [0.5, 0.6) is 0 Å². The van der Waals surface area contributed by atoms with Crippen LogP contribution in [0.4, 0.5) is 0 Å². The zero-order valence-corrected chi connectivity index (χ0v) is 21.3. The van der Waals surface area contributed by atoms with E-state index in [9.17, 15) is 21.6 Å². The SMILES string of the molecule is Cc1ccc(S(=O)(=O)N2CCN(C(=O)[C@H]3CCCN(S(=O)(=O)c4ccc(Cl)cc4)C3)CC2)cc1. The third-order valence-corrected chi connectivity index (χ3v) is 10.4. The standard InChI is InChI=1S/C23H28ClN3O5S2/c1-18-4-8-21(9-5-18)33(29,30)26-15-13-25(14-16-26)23(28)19-3-2-12-27(17-19)34(31,32)22-10-6-20(24)7-11-22/h4-11,19H,2-3,12-17H2,1H3/t19-/m0/s1. The minimum Gasteiger partial charge on any atom is -0.340 e. The summed E-state index contributed by atoms with van der Waals surface area (Å²) in [6.45, 7) is 3.36. The van der Waals surface area contributed by atoms with E-state index in [4.69, 9.17) is 11.6 Å². The van der Waals surface area contributed by atoms with E-state index in [1.54, 1.807) is 29.2 Å². The number of amides is 1. The molecule has 0 N–H and O–H groups in total. The molecule has 2 aliphatic rings. The fraction of sp³-hybridized carbons (Fsp3) is 0.435. The molecule has 8 nitrogen and oxygen atoms in total. The van der Waals surface area contributed by atoms with Gasteiger partial charge in [0, 0.05) is 44.3 Å². The molecule has 2 aliphatic heterocycles. The van der Waals surface area contributed by atoms with Crippen LogP contribution in [0.25, 0.3) is 0 Å². The highest BCUT2D eigenvalue weighted by Gasteiger charge is 2.37. The maximum atomic E-state index is 13.2. The van der Waals surface area contributed by atoms with Crippen LogP contribution < -0.4 is 0 Å². The lowest BCUT2D eigenvalue weighted by molar-refractivity contribution is -0.137. The maximum absolute atomic E-state index is 13.2. The second-order valence-electron chi connectivity index (χ2n) is 8.70. The summed E-state index contributed by atoms with van der Waals surface area (Å²) in [5.41, 5.74) is 0.981. The Balaban J connectivity index is 1.39. The molecule has 2 saturated heterocycles. The summed E-state index contributed by atoms with van der Waals surface area (Å²) in [5, 5.41) is 0.453. The molecule has 2 fully saturated rings. The molecule has 0 aliphatic carbocycles. The maximum Gasteiger partial charge on any atom is 0.243 e. The molecule has 11 heteroatoms. The average molecular weight is 526 g/mol. The summed E-state index contributed by atoms with van der Waals surface area (Å²) >= 11 is 5.88. The number of piperidine rings is 1. The molecule has 2 aromatic rings. The topological polar surface area (TPSA) is 95.1 Å². The Morgan fingerprint density at radius 1 is 0.794 bits per heavy atom. The highest BCUT2D eigenvalue weighted by molar-refractivity contribution is 7.89. The summed E-state index contributed by atoms with van der Waals surface area (Å²) in [7, 11) is -7.34. The van der Waals surface area contributed by atoms with Crippen molar-refractivity contribution in [3.63, 3.8) is 0 Å². The van der Waals surface area contributed by atoms with E-state index in [0.717, 1.165) is 5.56 Å². The van der Waals surface area contributed by atoms with Gasteiger partial charge in [-0.1, -0.05) is 29.3 Å². The molecule has 0 saturated carbocycles. The molecular formula is C23H28ClN3O5S2. The van der Waals surface area contributed by atoms with Crippen LogP contribution in [0.3, 0.4) is 0 Å². The minimum absolute atomic E-state index is 0.117. The second-order valence-corrected chi connectivity index (χ2v) is 13.0. The van der Waals surface area contributed by atoms with Crippen molar-refractivity contribution in [2.24, 2.45) is 5.92 Å². The molecule has 2 aromatic carbocycles. The molecule has 0 bridgehead atoms.